The second kappa shape index (κ2) is 6.35. The monoisotopic (exact) mass is 287 g/mol. The molecule has 2 aromatic carbocycles. The van der Waals surface area contributed by atoms with E-state index in [1.54, 1.807) is 6.92 Å². The number of benzene rings is 2. The van der Waals surface area contributed by atoms with Crippen LogP contribution in [0.3, 0.4) is 0 Å². The molecule has 0 spiro atoms. The smallest absolute Gasteiger partial charge is 0.135 e. The van der Waals surface area contributed by atoms with Crippen LogP contribution in [0.5, 0.6) is 0 Å². The highest BCUT2D eigenvalue weighted by molar-refractivity contribution is 5.82. The number of hydrogen-bond donors (Lipinski definition) is 0. The molecule has 0 saturated heterocycles. The first kappa shape index (κ1) is 14.2. The van der Waals surface area contributed by atoms with Crippen LogP contribution < -0.4 is 0 Å². The van der Waals surface area contributed by atoms with Gasteiger partial charge in [-0.05, 0) is 18.6 Å². The lowest BCUT2D eigenvalue weighted by Crippen LogP contribution is -2.01. The van der Waals surface area contributed by atoms with Gasteiger partial charge in [0.15, 0.2) is 0 Å². The molecule has 1 aromatic heterocycles. The standard InChI is InChI=1S/C20H17NO/c1-15(22)14-18-12-13-19(16-8-4-2-5-9-16)20(21-18)17-10-6-3-7-11-17/h2-13H,14H2,1H3. The molecule has 1 heterocycles. The number of pyridine rings is 1. The van der Waals surface area contributed by atoms with E-state index in [1.165, 1.54) is 0 Å². The van der Waals surface area contributed by atoms with Crippen LogP contribution >= 0.6 is 0 Å². The molecular formula is C20H17NO. The topological polar surface area (TPSA) is 30.0 Å². The van der Waals surface area contributed by atoms with E-state index in [-0.39, 0.29) is 5.78 Å². The third kappa shape index (κ3) is 3.12. The molecule has 0 radical (unpaired) electrons. The molecule has 0 fully saturated rings. The fourth-order valence-corrected chi connectivity index (χ4v) is 2.52. The normalized spacial score (nSPS) is 10.4. The van der Waals surface area contributed by atoms with E-state index in [9.17, 15) is 4.79 Å². The zero-order valence-electron chi connectivity index (χ0n) is 12.5. The van der Waals surface area contributed by atoms with Gasteiger partial charge in [0, 0.05) is 23.2 Å². The van der Waals surface area contributed by atoms with Gasteiger partial charge >= 0.3 is 0 Å². The summed E-state index contributed by atoms with van der Waals surface area (Å²) < 4.78 is 0. The number of carbonyl (C=O) groups excluding carboxylic acids is 1. The van der Waals surface area contributed by atoms with Crippen molar-refractivity contribution < 1.29 is 4.79 Å². The van der Waals surface area contributed by atoms with Crippen LogP contribution in [-0.2, 0) is 11.2 Å². The van der Waals surface area contributed by atoms with Crippen molar-refractivity contribution in [2.75, 3.05) is 0 Å². The van der Waals surface area contributed by atoms with Crippen molar-refractivity contribution in [3.05, 3.63) is 78.5 Å². The first-order chi connectivity index (χ1) is 10.7. The van der Waals surface area contributed by atoms with E-state index in [4.69, 9.17) is 4.98 Å². The van der Waals surface area contributed by atoms with E-state index in [2.05, 4.69) is 18.2 Å². The fourth-order valence-electron chi connectivity index (χ4n) is 2.52. The molecule has 0 aliphatic heterocycles. The summed E-state index contributed by atoms with van der Waals surface area (Å²) in [4.78, 5) is 16.1. The third-order valence-corrected chi connectivity index (χ3v) is 3.52. The van der Waals surface area contributed by atoms with E-state index in [0.29, 0.717) is 6.42 Å². The summed E-state index contributed by atoms with van der Waals surface area (Å²) in [7, 11) is 0. The predicted molar refractivity (Wildman–Crippen MR) is 89.5 cm³/mol. The Morgan fingerprint density at radius 3 is 2.00 bits per heavy atom. The minimum Gasteiger partial charge on any atom is -0.300 e. The summed E-state index contributed by atoms with van der Waals surface area (Å²) in [5.74, 6) is 0.124. The zero-order chi connectivity index (χ0) is 15.4. The van der Waals surface area contributed by atoms with Crippen LogP contribution in [0.25, 0.3) is 22.4 Å². The van der Waals surface area contributed by atoms with Gasteiger partial charge in [-0.2, -0.15) is 0 Å². The minimum absolute atomic E-state index is 0.124. The lowest BCUT2D eigenvalue weighted by atomic mass is 9.98. The van der Waals surface area contributed by atoms with Crippen LogP contribution in [0.1, 0.15) is 12.6 Å². The molecule has 0 aliphatic rings. The lowest BCUT2D eigenvalue weighted by molar-refractivity contribution is -0.116. The number of carbonyl (C=O) groups is 1. The average Bonchev–Trinajstić information content (AvgIpc) is 2.56. The van der Waals surface area contributed by atoms with Crippen molar-refractivity contribution in [2.24, 2.45) is 0 Å². The maximum absolute atomic E-state index is 11.4. The highest BCUT2D eigenvalue weighted by atomic mass is 16.1. The molecule has 0 unspecified atom stereocenters. The van der Waals surface area contributed by atoms with Crippen molar-refractivity contribution in [3.8, 4) is 22.4 Å². The second-order valence-electron chi connectivity index (χ2n) is 5.31. The molecule has 0 atom stereocenters. The molecule has 3 aromatic rings. The van der Waals surface area contributed by atoms with Gasteiger partial charge in [-0.15, -0.1) is 0 Å². The summed E-state index contributed by atoms with van der Waals surface area (Å²) in [5, 5.41) is 0. The van der Waals surface area contributed by atoms with Gasteiger partial charge in [-0.1, -0.05) is 66.7 Å². The Morgan fingerprint density at radius 1 is 0.818 bits per heavy atom. The van der Waals surface area contributed by atoms with Gasteiger partial charge in [-0.3, -0.25) is 9.78 Å². The fraction of sp³-hybridized carbons (Fsp3) is 0.100. The second-order valence-corrected chi connectivity index (χ2v) is 5.31. The van der Waals surface area contributed by atoms with Gasteiger partial charge < -0.3 is 0 Å². The Kier molecular flexibility index (Phi) is 4.10. The van der Waals surface area contributed by atoms with Crippen molar-refractivity contribution >= 4 is 5.78 Å². The maximum atomic E-state index is 11.4. The number of hydrogen-bond acceptors (Lipinski definition) is 2. The predicted octanol–water partition coefficient (Wildman–Crippen LogP) is 4.55. The number of aromatic nitrogens is 1. The van der Waals surface area contributed by atoms with Gasteiger partial charge in [-0.25, -0.2) is 0 Å². The largest absolute Gasteiger partial charge is 0.300 e. The molecule has 0 N–H and O–H groups in total. The maximum Gasteiger partial charge on any atom is 0.135 e. The third-order valence-electron chi connectivity index (χ3n) is 3.52. The van der Waals surface area contributed by atoms with Gasteiger partial charge in [0.1, 0.15) is 5.78 Å². The Morgan fingerprint density at radius 2 is 1.41 bits per heavy atom. The molecular weight excluding hydrogens is 270 g/mol. The molecule has 22 heavy (non-hydrogen) atoms. The molecule has 0 aliphatic carbocycles. The number of Topliss-reactive ketones (excluding diaryl/α,β-unsaturated/α-hetero) is 1. The Bertz CT molecular complexity index is 779. The summed E-state index contributed by atoms with van der Waals surface area (Å²) in [6, 6.07) is 24.3. The van der Waals surface area contributed by atoms with Gasteiger partial charge in [0.2, 0.25) is 0 Å². The van der Waals surface area contributed by atoms with E-state index < -0.39 is 0 Å². The van der Waals surface area contributed by atoms with Crippen LogP contribution in [-0.4, -0.2) is 10.8 Å². The quantitative estimate of drug-likeness (QED) is 0.704. The van der Waals surface area contributed by atoms with E-state index >= 15 is 0 Å². The minimum atomic E-state index is 0.124. The van der Waals surface area contributed by atoms with Crippen LogP contribution in [0, 0.1) is 0 Å². The number of ketones is 1. The molecule has 0 saturated carbocycles. The molecule has 0 amide bonds. The van der Waals surface area contributed by atoms with Crippen molar-refractivity contribution in [1.29, 1.82) is 0 Å². The first-order valence-corrected chi connectivity index (χ1v) is 7.34. The van der Waals surface area contributed by atoms with Gasteiger partial charge in [0.05, 0.1) is 5.69 Å². The number of nitrogens with zero attached hydrogens (tertiary/aromatic N) is 1. The summed E-state index contributed by atoms with van der Waals surface area (Å²) in [5.41, 5.74) is 5.01. The SMILES string of the molecule is CC(=O)Cc1ccc(-c2ccccc2)c(-c2ccccc2)n1. The Balaban J connectivity index is 2.15. The van der Waals surface area contributed by atoms with Crippen molar-refractivity contribution in [2.45, 2.75) is 13.3 Å². The Hall–Kier alpha value is -2.74. The lowest BCUT2D eigenvalue weighted by Gasteiger charge is -2.11. The zero-order valence-corrected chi connectivity index (χ0v) is 12.5. The van der Waals surface area contributed by atoms with Crippen LogP contribution in [0.15, 0.2) is 72.8 Å². The molecule has 3 rings (SSSR count). The summed E-state index contributed by atoms with van der Waals surface area (Å²) in [6.45, 7) is 1.59. The highest BCUT2D eigenvalue weighted by Gasteiger charge is 2.11. The first-order valence-electron chi connectivity index (χ1n) is 7.34. The van der Waals surface area contributed by atoms with Crippen LogP contribution in [0.2, 0.25) is 0 Å². The van der Waals surface area contributed by atoms with Crippen molar-refractivity contribution in [3.63, 3.8) is 0 Å². The average molecular weight is 287 g/mol. The summed E-state index contributed by atoms with van der Waals surface area (Å²) in [6.07, 6.45) is 0.370. The molecule has 2 nitrogen and oxygen atoms in total. The highest BCUT2D eigenvalue weighted by Crippen LogP contribution is 2.30. The molecule has 0 bridgehead atoms. The molecule has 2 heteroatoms. The van der Waals surface area contributed by atoms with E-state index in [0.717, 1.165) is 28.1 Å². The molecule has 108 valence electrons. The van der Waals surface area contributed by atoms with E-state index in [1.807, 2.05) is 54.6 Å². The van der Waals surface area contributed by atoms with Gasteiger partial charge in [0.25, 0.3) is 0 Å². The van der Waals surface area contributed by atoms with Crippen molar-refractivity contribution in [1.82, 2.24) is 4.98 Å². The van der Waals surface area contributed by atoms with Crippen LogP contribution in [0.4, 0.5) is 0 Å². The summed E-state index contributed by atoms with van der Waals surface area (Å²) >= 11 is 0. The number of rotatable bonds is 4. The Labute approximate surface area is 130 Å².